The smallest absolute Gasteiger partial charge is 0.230 e. The molecular weight excluding hydrogens is 378 g/mol. The van der Waals surface area contributed by atoms with Crippen molar-refractivity contribution in [2.75, 3.05) is 23.3 Å². The highest BCUT2D eigenvalue weighted by atomic mass is 35.5. The molecule has 1 aliphatic heterocycles. The minimum absolute atomic E-state index is 0.158. The molecule has 0 saturated carbocycles. The van der Waals surface area contributed by atoms with Gasteiger partial charge in [0, 0.05) is 29.5 Å². The number of carbonyl (C=O) groups excluding carboxylic acids is 1. The van der Waals surface area contributed by atoms with Crippen molar-refractivity contribution in [3.05, 3.63) is 59.1 Å². The lowest BCUT2D eigenvalue weighted by Gasteiger charge is -2.32. The van der Waals surface area contributed by atoms with E-state index in [0.29, 0.717) is 10.1 Å². The van der Waals surface area contributed by atoms with E-state index in [1.165, 1.54) is 18.5 Å². The van der Waals surface area contributed by atoms with Crippen molar-refractivity contribution in [3.8, 4) is 0 Å². The zero-order chi connectivity index (χ0) is 19.2. The first-order valence-corrected chi connectivity index (χ1v) is 9.98. The van der Waals surface area contributed by atoms with Gasteiger partial charge in [-0.2, -0.15) is 0 Å². The summed E-state index contributed by atoms with van der Waals surface area (Å²) in [6.07, 6.45) is 2.73. The van der Waals surface area contributed by atoms with E-state index in [9.17, 15) is 4.79 Å². The van der Waals surface area contributed by atoms with Crippen molar-refractivity contribution in [1.29, 1.82) is 0 Å². The molecule has 27 heavy (non-hydrogen) atoms. The molecule has 1 amide bonds. The SMILES string of the molecule is CC1CCN(c2ccc(NC(=S)NC(=O)Cc3ccc(Cl)cc3)cc2)CC1. The predicted molar refractivity (Wildman–Crippen MR) is 117 cm³/mol. The fraction of sp³-hybridized carbons (Fsp3) is 0.333. The summed E-state index contributed by atoms with van der Waals surface area (Å²) in [7, 11) is 0. The lowest BCUT2D eigenvalue weighted by molar-refractivity contribution is -0.119. The number of piperidine rings is 1. The summed E-state index contributed by atoms with van der Waals surface area (Å²) in [5.74, 6) is 0.657. The molecule has 2 aromatic rings. The van der Waals surface area contributed by atoms with Gasteiger partial charge in [-0.05, 0) is 72.9 Å². The van der Waals surface area contributed by atoms with Gasteiger partial charge in [0.25, 0.3) is 0 Å². The Hall–Kier alpha value is -2.11. The van der Waals surface area contributed by atoms with E-state index < -0.39 is 0 Å². The molecule has 0 aliphatic carbocycles. The molecule has 0 bridgehead atoms. The minimum atomic E-state index is -0.158. The van der Waals surface area contributed by atoms with Crippen molar-refractivity contribution in [2.24, 2.45) is 5.92 Å². The maximum atomic E-state index is 12.1. The van der Waals surface area contributed by atoms with Crippen molar-refractivity contribution < 1.29 is 4.79 Å². The predicted octanol–water partition coefficient (Wildman–Crippen LogP) is 4.63. The Morgan fingerprint density at radius 2 is 1.74 bits per heavy atom. The Labute approximate surface area is 170 Å². The third-order valence-electron chi connectivity index (χ3n) is 4.80. The summed E-state index contributed by atoms with van der Waals surface area (Å²) in [5.41, 5.74) is 2.98. The molecule has 3 rings (SSSR count). The number of rotatable bonds is 4. The first kappa shape index (κ1) is 19.6. The van der Waals surface area contributed by atoms with Crippen LogP contribution in [0.1, 0.15) is 25.3 Å². The lowest BCUT2D eigenvalue weighted by atomic mass is 9.99. The normalized spacial score (nSPS) is 14.7. The van der Waals surface area contributed by atoms with Crippen LogP contribution in [0.5, 0.6) is 0 Å². The van der Waals surface area contributed by atoms with E-state index in [1.807, 2.05) is 24.3 Å². The molecule has 0 radical (unpaired) electrons. The molecule has 1 saturated heterocycles. The largest absolute Gasteiger partial charge is 0.372 e. The summed E-state index contributed by atoms with van der Waals surface area (Å²) in [6.45, 7) is 4.52. The Kier molecular flexibility index (Phi) is 6.69. The number of anilines is 2. The van der Waals surface area contributed by atoms with Crippen LogP contribution in [0, 0.1) is 5.92 Å². The second kappa shape index (κ2) is 9.20. The molecule has 0 atom stereocenters. The fourth-order valence-corrected chi connectivity index (χ4v) is 3.50. The lowest BCUT2D eigenvalue weighted by Crippen LogP contribution is -2.35. The molecule has 0 spiro atoms. The second-order valence-electron chi connectivity index (χ2n) is 7.02. The molecule has 2 N–H and O–H groups in total. The highest BCUT2D eigenvalue weighted by Crippen LogP contribution is 2.24. The molecule has 0 unspecified atom stereocenters. The molecule has 4 nitrogen and oxygen atoms in total. The monoisotopic (exact) mass is 401 g/mol. The molecular formula is C21H24ClN3OS. The molecule has 2 aromatic carbocycles. The van der Waals surface area contributed by atoms with Crippen LogP contribution in [0.25, 0.3) is 0 Å². The number of carbonyl (C=O) groups is 1. The van der Waals surface area contributed by atoms with Crippen molar-refractivity contribution in [2.45, 2.75) is 26.2 Å². The van der Waals surface area contributed by atoms with Gasteiger partial charge in [0.1, 0.15) is 0 Å². The first-order chi connectivity index (χ1) is 13.0. The Morgan fingerprint density at radius 3 is 2.37 bits per heavy atom. The van der Waals surface area contributed by atoms with E-state index in [2.05, 4.69) is 34.6 Å². The van der Waals surface area contributed by atoms with Crippen molar-refractivity contribution >= 4 is 46.2 Å². The van der Waals surface area contributed by atoms with Crippen LogP contribution in [0.3, 0.4) is 0 Å². The quantitative estimate of drug-likeness (QED) is 0.733. The van der Waals surface area contributed by atoms with E-state index in [-0.39, 0.29) is 12.3 Å². The Balaban J connectivity index is 1.48. The van der Waals surface area contributed by atoms with Crippen LogP contribution in [0.2, 0.25) is 5.02 Å². The Morgan fingerprint density at radius 1 is 1.11 bits per heavy atom. The van der Waals surface area contributed by atoms with Crippen LogP contribution < -0.4 is 15.5 Å². The number of thiocarbonyl (C=S) groups is 1. The van der Waals surface area contributed by atoms with Gasteiger partial charge >= 0.3 is 0 Å². The van der Waals surface area contributed by atoms with E-state index in [4.69, 9.17) is 23.8 Å². The average molecular weight is 402 g/mol. The zero-order valence-corrected chi connectivity index (χ0v) is 16.9. The topological polar surface area (TPSA) is 44.4 Å². The summed E-state index contributed by atoms with van der Waals surface area (Å²) in [6, 6.07) is 15.4. The van der Waals surface area contributed by atoms with Gasteiger partial charge < -0.3 is 15.5 Å². The molecule has 6 heteroatoms. The third kappa shape index (κ3) is 5.94. The summed E-state index contributed by atoms with van der Waals surface area (Å²) in [5, 5.41) is 6.73. The third-order valence-corrected chi connectivity index (χ3v) is 5.26. The highest BCUT2D eigenvalue weighted by Gasteiger charge is 2.15. The van der Waals surface area contributed by atoms with Gasteiger partial charge in [-0.1, -0.05) is 30.7 Å². The van der Waals surface area contributed by atoms with Gasteiger partial charge in [-0.25, -0.2) is 0 Å². The van der Waals surface area contributed by atoms with Gasteiger partial charge in [0.05, 0.1) is 6.42 Å². The van der Waals surface area contributed by atoms with Crippen LogP contribution in [0.4, 0.5) is 11.4 Å². The fourth-order valence-electron chi connectivity index (χ4n) is 3.14. The van der Waals surface area contributed by atoms with E-state index >= 15 is 0 Å². The van der Waals surface area contributed by atoms with Crippen molar-refractivity contribution in [1.82, 2.24) is 5.32 Å². The maximum Gasteiger partial charge on any atom is 0.230 e. The van der Waals surface area contributed by atoms with Crippen LogP contribution in [0.15, 0.2) is 48.5 Å². The number of hydrogen-bond acceptors (Lipinski definition) is 3. The van der Waals surface area contributed by atoms with Gasteiger partial charge in [0.15, 0.2) is 5.11 Å². The van der Waals surface area contributed by atoms with Gasteiger partial charge in [-0.3, -0.25) is 4.79 Å². The minimum Gasteiger partial charge on any atom is -0.372 e. The number of hydrogen-bond donors (Lipinski definition) is 2. The number of nitrogens with one attached hydrogen (secondary N) is 2. The molecule has 1 fully saturated rings. The maximum absolute atomic E-state index is 12.1. The summed E-state index contributed by atoms with van der Waals surface area (Å²) >= 11 is 11.1. The molecule has 0 aromatic heterocycles. The number of amides is 1. The highest BCUT2D eigenvalue weighted by molar-refractivity contribution is 7.80. The van der Waals surface area contributed by atoms with E-state index in [0.717, 1.165) is 30.3 Å². The number of nitrogens with zero attached hydrogens (tertiary/aromatic N) is 1. The van der Waals surface area contributed by atoms with Gasteiger partial charge in [-0.15, -0.1) is 0 Å². The molecule has 142 valence electrons. The standard InChI is InChI=1S/C21H24ClN3OS/c1-15-10-12-25(13-11-15)19-8-6-18(7-9-19)23-21(27)24-20(26)14-16-2-4-17(22)5-3-16/h2-9,15H,10-14H2,1H3,(H2,23,24,26,27). The molecule has 1 heterocycles. The van der Waals surface area contributed by atoms with Crippen LogP contribution in [-0.2, 0) is 11.2 Å². The second-order valence-corrected chi connectivity index (χ2v) is 7.87. The van der Waals surface area contributed by atoms with E-state index in [1.54, 1.807) is 12.1 Å². The zero-order valence-electron chi connectivity index (χ0n) is 15.4. The van der Waals surface area contributed by atoms with Crippen LogP contribution in [-0.4, -0.2) is 24.1 Å². The number of benzene rings is 2. The summed E-state index contributed by atoms with van der Waals surface area (Å²) in [4.78, 5) is 14.5. The average Bonchev–Trinajstić information content (AvgIpc) is 2.65. The van der Waals surface area contributed by atoms with Gasteiger partial charge in [0.2, 0.25) is 5.91 Å². The first-order valence-electron chi connectivity index (χ1n) is 9.20. The summed E-state index contributed by atoms with van der Waals surface area (Å²) < 4.78 is 0. The van der Waals surface area contributed by atoms with Crippen molar-refractivity contribution in [3.63, 3.8) is 0 Å². The number of halogens is 1. The Bertz CT molecular complexity index is 784. The molecule has 1 aliphatic rings. The van der Waals surface area contributed by atoms with Crippen LogP contribution >= 0.6 is 23.8 Å².